The van der Waals surface area contributed by atoms with E-state index in [4.69, 9.17) is 0 Å². The van der Waals surface area contributed by atoms with Gasteiger partial charge >= 0.3 is 29.6 Å². The summed E-state index contributed by atoms with van der Waals surface area (Å²) in [5.74, 6) is -0.910. The summed E-state index contributed by atoms with van der Waals surface area (Å²) < 4.78 is 0. The molecule has 0 aliphatic heterocycles. The summed E-state index contributed by atoms with van der Waals surface area (Å²) >= 11 is 0. The van der Waals surface area contributed by atoms with E-state index in [1.54, 1.807) is 0 Å². The molecule has 0 aliphatic rings. The first kappa shape index (κ1) is 55.5. The zero-order valence-electron chi connectivity index (χ0n) is 37.5. The quantitative estimate of drug-likeness (QED) is 0.0459. The molecule has 0 aromatic rings. The molecule has 4 heteroatoms. The van der Waals surface area contributed by atoms with Crippen molar-refractivity contribution in [2.24, 2.45) is 0 Å². The second kappa shape index (κ2) is 48.6. The first-order valence-electron chi connectivity index (χ1n) is 24.6. The normalized spacial score (nSPS) is 12.1. The van der Waals surface area contributed by atoms with Crippen molar-refractivity contribution in [3.63, 3.8) is 0 Å². The van der Waals surface area contributed by atoms with Crippen molar-refractivity contribution in [3.8, 4) is 0 Å². The summed E-state index contributed by atoms with van der Waals surface area (Å²) in [7, 11) is 0. The van der Waals surface area contributed by atoms with Crippen LogP contribution in [0.1, 0.15) is 290 Å². The van der Waals surface area contributed by atoms with Crippen LogP contribution in [0.25, 0.3) is 0 Å². The molecule has 3 nitrogen and oxygen atoms in total. The second-order valence-corrected chi connectivity index (χ2v) is 17.2. The van der Waals surface area contributed by atoms with E-state index >= 15 is 0 Å². The van der Waals surface area contributed by atoms with Crippen molar-refractivity contribution in [2.75, 3.05) is 13.1 Å². The summed E-state index contributed by atoms with van der Waals surface area (Å²) in [5.41, 5.74) is 0. The number of carbonyl (C=O) groups is 1. The van der Waals surface area contributed by atoms with Crippen molar-refractivity contribution < 1.29 is 39.5 Å². The van der Waals surface area contributed by atoms with Crippen molar-refractivity contribution in [3.05, 3.63) is 0 Å². The molecule has 0 N–H and O–H groups in total. The largest absolute Gasteiger partial charge is 1.00 e. The van der Waals surface area contributed by atoms with E-state index < -0.39 is 12.0 Å². The maximum Gasteiger partial charge on any atom is 1.00 e. The Balaban J connectivity index is 0. The molecule has 1 unspecified atom stereocenters. The van der Waals surface area contributed by atoms with Crippen LogP contribution in [0, 0.1) is 0 Å². The van der Waals surface area contributed by atoms with Crippen molar-refractivity contribution in [1.82, 2.24) is 4.90 Å². The first-order valence-corrected chi connectivity index (χ1v) is 24.6. The number of rotatable bonds is 46. The van der Waals surface area contributed by atoms with Crippen LogP contribution in [0.5, 0.6) is 0 Å². The maximum atomic E-state index is 11.6. The van der Waals surface area contributed by atoms with E-state index in [0.717, 1.165) is 25.9 Å². The van der Waals surface area contributed by atoms with Gasteiger partial charge in [-0.3, -0.25) is 4.90 Å². The fourth-order valence-electron chi connectivity index (χ4n) is 8.14. The van der Waals surface area contributed by atoms with E-state index in [1.807, 2.05) is 6.92 Å². The van der Waals surface area contributed by atoms with Gasteiger partial charge in [0, 0.05) is 6.04 Å². The van der Waals surface area contributed by atoms with Crippen molar-refractivity contribution in [1.29, 1.82) is 0 Å². The van der Waals surface area contributed by atoms with Gasteiger partial charge in [-0.05, 0) is 32.9 Å². The molecular formula is C49H98NNaO2. The number of unbranched alkanes of at least 4 members (excludes halogenated alkanes) is 40. The zero-order valence-corrected chi connectivity index (χ0v) is 39.5. The van der Waals surface area contributed by atoms with Gasteiger partial charge in [-0.2, -0.15) is 0 Å². The molecule has 0 saturated heterocycles. The smallest absolute Gasteiger partial charge is 0.548 e. The Morgan fingerprint density at radius 3 is 0.642 bits per heavy atom. The minimum Gasteiger partial charge on any atom is -0.548 e. The predicted molar refractivity (Wildman–Crippen MR) is 231 cm³/mol. The molecule has 0 heterocycles. The van der Waals surface area contributed by atoms with Gasteiger partial charge in [-0.25, -0.2) is 0 Å². The average molecular weight is 756 g/mol. The van der Waals surface area contributed by atoms with Gasteiger partial charge in [0.05, 0.1) is 5.97 Å². The van der Waals surface area contributed by atoms with Gasteiger partial charge < -0.3 is 9.90 Å². The Bertz CT molecular complexity index is 627. The predicted octanol–water partition coefficient (Wildman–Crippen LogP) is 12.9. The van der Waals surface area contributed by atoms with E-state index in [0.29, 0.717) is 0 Å². The molecule has 53 heavy (non-hydrogen) atoms. The molecule has 0 aliphatic carbocycles. The van der Waals surface area contributed by atoms with Gasteiger partial charge in [-0.15, -0.1) is 0 Å². The first-order chi connectivity index (χ1) is 25.6. The van der Waals surface area contributed by atoms with Gasteiger partial charge in [0.1, 0.15) is 0 Å². The van der Waals surface area contributed by atoms with Crippen LogP contribution in [0.15, 0.2) is 0 Å². The van der Waals surface area contributed by atoms with Crippen LogP contribution in [0.2, 0.25) is 0 Å². The number of carbonyl (C=O) groups excluding carboxylic acids is 1. The number of nitrogens with zero attached hydrogens (tertiary/aromatic N) is 1. The van der Waals surface area contributed by atoms with Crippen LogP contribution in [0.3, 0.4) is 0 Å². The minimum atomic E-state index is -0.910. The van der Waals surface area contributed by atoms with Gasteiger partial charge in [0.15, 0.2) is 0 Å². The van der Waals surface area contributed by atoms with Crippen molar-refractivity contribution >= 4 is 5.97 Å². The standard InChI is InChI=1S/C49H99NO2.Na/c1-4-6-8-10-12-14-16-18-20-22-24-26-28-30-32-34-36-38-40-42-44-46-50(48(3)49(51)52)47-45-43-41-39-37-35-33-31-29-27-25-23-21-19-17-15-13-11-9-7-5-2;/h48H,4-47H2,1-3H3,(H,51,52);/q;+1/p-1. The molecule has 0 spiro atoms. The summed E-state index contributed by atoms with van der Waals surface area (Å²) in [6, 6.07) is -0.463. The number of hydrogen-bond acceptors (Lipinski definition) is 3. The third-order valence-electron chi connectivity index (χ3n) is 12.0. The molecule has 0 saturated carbocycles. The molecule has 0 fully saturated rings. The average Bonchev–Trinajstić information content (AvgIpc) is 3.14. The van der Waals surface area contributed by atoms with Crippen LogP contribution >= 0.6 is 0 Å². The Kier molecular flexibility index (Phi) is 50.9. The number of hydrogen-bond donors (Lipinski definition) is 0. The van der Waals surface area contributed by atoms with E-state index in [-0.39, 0.29) is 29.6 Å². The molecule has 312 valence electrons. The molecule has 1 atom stereocenters. The third-order valence-corrected chi connectivity index (χ3v) is 12.0. The topological polar surface area (TPSA) is 43.4 Å². The molecule has 0 rings (SSSR count). The molecular weight excluding hydrogens is 658 g/mol. The number of carboxylic acid groups (broad SMARTS) is 1. The molecule has 0 amide bonds. The fraction of sp³-hybridized carbons (Fsp3) is 0.980. The van der Waals surface area contributed by atoms with E-state index in [1.165, 1.54) is 257 Å². The number of aliphatic carboxylic acids is 1. The van der Waals surface area contributed by atoms with Crippen molar-refractivity contribution in [2.45, 2.75) is 296 Å². The van der Waals surface area contributed by atoms with E-state index in [2.05, 4.69) is 18.7 Å². The van der Waals surface area contributed by atoms with Crippen LogP contribution in [-0.4, -0.2) is 30.0 Å². The van der Waals surface area contributed by atoms with Gasteiger partial charge in [-0.1, -0.05) is 271 Å². The monoisotopic (exact) mass is 756 g/mol. The number of carboxylic acids is 1. The Morgan fingerprint density at radius 2 is 0.491 bits per heavy atom. The summed E-state index contributed by atoms with van der Waals surface area (Å²) in [4.78, 5) is 13.8. The summed E-state index contributed by atoms with van der Waals surface area (Å²) in [6.45, 7) is 8.24. The summed E-state index contributed by atoms with van der Waals surface area (Å²) in [5, 5.41) is 11.6. The maximum absolute atomic E-state index is 11.6. The second-order valence-electron chi connectivity index (χ2n) is 17.2. The van der Waals surface area contributed by atoms with Gasteiger partial charge in [0.25, 0.3) is 0 Å². The Hall–Kier alpha value is 0.430. The summed E-state index contributed by atoms with van der Waals surface area (Å²) in [6.07, 6.45) is 58.7. The Morgan fingerprint density at radius 1 is 0.340 bits per heavy atom. The molecule has 0 bridgehead atoms. The molecule has 0 aromatic heterocycles. The van der Waals surface area contributed by atoms with Gasteiger partial charge in [0.2, 0.25) is 0 Å². The zero-order chi connectivity index (χ0) is 37.8. The minimum absolute atomic E-state index is 0. The SMILES string of the molecule is CCCCCCCCCCCCCCCCCCCCCCCN(CCCCCCCCCCCCCCCCCCCCCCC)C(C)C(=O)[O-].[Na+]. The molecule has 0 aromatic carbocycles. The van der Waals surface area contributed by atoms with Crippen LogP contribution < -0.4 is 34.7 Å². The van der Waals surface area contributed by atoms with Crippen LogP contribution in [0.4, 0.5) is 0 Å². The Labute approximate surface area is 357 Å². The van der Waals surface area contributed by atoms with Crippen LogP contribution in [-0.2, 0) is 4.79 Å². The van der Waals surface area contributed by atoms with E-state index in [9.17, 15) is 9.90 Å². The third kappa shape index (κ3) is 45.0. The fourth-order valence-corrected chi connectivity index (χ4v) is 8.14. The molecule has 0 radical (unpaired) electrons.